The fourth-order valence-corrected chi connectivity index (χ4v) is 1.76. The van der Waals surface area contributed by atoms with Gasteiger partial charge >= 0.3 is 6.09 Å². The summed E-state index contributed by atoms with van der Waals surface area (Å²) in [7, 11) is 0. The van der Waals surface area contributed by atoms with Crippen molar-refractivity contribution in [2.45, 2.75) is 39.7 Å². The van der Waals surface area contributed by atoms with Gasteiger partial charge in [-0.3, -0.25) is 4.79 Å². The van der Waals surface area contributed by atoms with Gasteiger partial charge in [0.2, 0.25) is 0 Å². The number of ether oxygens (including phenoxy) is 1. The first-order valence-corrected chi connectivity index (χ1v) is 7.33. The van der Waals surface area contributed by atoms with Crippen LogP contribution < -0.4 is 5.32 Å². The number of amides is 1. The third-order valence-electron chi connectivity index (χ3n) is 2.52. The molecule has 0 heterocycles. The summed E-state index contributed by atoms with van der Waals surface area (Å²) in [6.45, 7) is 7.29. The molecule has 4 nitrogen and oxygen atoms in total. The van der Waals surface area contributed by atoms with Gasteiger partial charge in [0.15, 0.2) is 5.78 Å². The molecule has 0 aliphatic heterocycles. The third kappa shape index (κ3) is 6.64. The third-order valence-corrected chi connectivity index (χ3v) is 2.83. The smallest absolute Gasteiger partial charge is 0.407 e. The normalized spacial score (nSPS) is 10.4. The predicted octanol–water partition coefficient (Wildman–Crippen LogP) is 3.81. The highest BCUT2D eigenvalue weighted by Gasteiger charge is 2.15. The molecular weight excluding hydrogens is 302 g/mol. The molecule has 1 aromatic carbocycles. The van der Waals surface area contributed by atoms with Gasteiger partial charge in [0.25, 0.3) is 0 Å². The minimum Gasteiger partial charge on any atom is -0.444 e. The molecule has 0 fully saturated rings. The SMILES string of the molecule is CC(=O)c1ccc(C#CCCNC(=O)OC(C)(C)C)c(Cl)c1. The number of ketones is 1. The minimum absolute atomic E-state index is 0.0389. The molecule has 118 valence electrons. The van der Waals surface area contributed by atoms with E-state index in [4.69, 9.17) is 16.3 Å². The van der Waals surface area contributed by atoms with Crippen LogP contribution in [0.2, 0.25) is 5.02 Å². The number of halogens is 1. The van der Waals surface area contributed by atoms with Crippen LogP contribution in [-0.4, -0.2) is 24.0 Å². The van der Waals surface area contributed by atoms with E-state index in [0.29, 0.717) is 29.1 Å². The van der Waals surface area contributed by atoms with Crippen LogP contribution in [0.25, 0.3) is 0 Å². The van der Waals surface area contributed by atoms with Gasteiger partial charge in [-0.1, -0.05) is 29.5 Å². The molecule has 0 aliphatic rings. The first-order chi connectivity index (χ1) is 10.2. The molecule has 0 radical (unpaired) electrons. The van der Waals surface area contributed by atoms with Gasteiger partial charge in [-0.25, -0.2) is 4.79 Å². The van der Waals surface area contributed by atoms with Crippen molar-refractivity contribution >= 4 is 23.5 Å². The van der Waals surface area contributed by atoms with E-state index >= 15 is 0 Å². The average Bonchev–Trinajstić information content (AvgIpc) is 2.37. The first kappa shape index (κ1) is 18.1. The summed E-state index contributed by atoms with van der Waals surface area (Å²) < 4.78 is 5.11. The summed E-state index contributed by atoms with van der Waals surface area (Å²) in [6.07, 6.45) is 0.0162. The Morgan fingerprint density at radius 3 is 2.55 bits per heavy atom. The number of nitrogens with one attached hydrogen (secondary N) is 1. The molecule has 1 N–H and O–H groups in total. The lowest BCUT2D eigenvalue weighted by Crippen LogP contribution is -2.32. The zero-order chi connectivity index (χ0) is 16.8. The van der Waals surface area contributed by atoms with E-state index in [1.807, 2.05) is 0 Å². The van der Waals surface area contributed by atoms with E-state index < -0.39 is 11.7 Å². The lowest BCUT2D eigenvalue weighted by molar-refractivity contribution is 0.0529. The molecule has 0 saturated carbocycles. The van der Waals surface area contributed by atoms with Crippen molar-refractivity contribution in [1.29, 1.82) is 0 Å². The number of hydrogen-bond acceptors (Lipinski definition) is 3. The highest BCUT2D eigenvalue weighted by Crippen LogP contribution is 2.17. The van der Waals surface area contributed by atoms with Crippen LogP contribution in [0, 0.1) is 11.8 Å². The lowest BCUT2D eigenvalue weighted by Gasteiger charge is -2.19. The number of alkyl carbamates (subject to hydrolysis) is 1. The Kier molecular flexibility index (Phi) is 6.45. The van der Waals surface area contributed by atoms with Gasteiger partial charge in [-0.05, 0) is 39.8 Å². The maximum Gasteiger partial charge on any atom is 0.407 e. The Morgan fingerprint density at radius 1 is 1.32 bits per heavy atom. The van der Waals surface area contributed by atoms with Gasteiger partial charge in [0, 0.05) is 24.1 Å². The van der Waals surface area contributed by atoms with Crippen molar-refractivity contribution in [2.75, 3.05) is 6.54 Å². The second-order valence-corrected chi connectivity index (χ2v) is 6.14. The van der Waals surface area contributed by atoms with Crippen LogP contribution in [0.5, 0.6) is 0 Å². The monoisotopic (exact) mass is 321 g/mol. The molecule has 0 atom stereocenters. The number of carbonyl (C=O) groups excluding carboxylic acids is 2. The van der Waals surface area contributed by atoms with E-state index in [2.05, 4.69) is 17.2 Å². The molecule has 1 rings (SSSR count). The van der Waals surface area contributed by atoms with E-state index in [1.54, 1.807) is 39.0 Å². The molecule has 0 aliphatic carbocycles. The van der Waals surface area contributed by atoms with Crippen LogP contribution in [0.1, 0.15) is 50.0 Å². The second kappa shape index (κ2) is 7.86. The summed E-state index contributed by atoms with van der Waals surface area (Å²) in [5.74, 6) is 5.80. The van der Waals surface area contributed by atoms with Crippen molar-refractivity contribution < 1.29 is 14.3 Å². The first-order valence-electron chi connectivity index (χ1n) is 6.95. The topological polar surface area (TPSA) is 55.4 Å². The van der Waals surface area contributed by atoms with Crippen molar-refractivity contribution in [1.82, 2.24) is 5.32 Å². The highest BCUT2D eigenvalue weighted by molar-refractivity contribution is 6.32. The molecular formula is C17H20ClNO3. The number of benzene rings is 1. The maximum absolute atomic E-state index is 11.4. The van der Waals surface area contributed by atoms with Gasteiger partial charge in [-0.15, -0.1) is 0 Å². The molecule has 22 heavy (non-hydrogen) atoms. The van der Waals surface area contributed by atoms with Crippen LogP contribution in [-0.2, 0) is 4.74 Å². The number of Topliss-reactive ketones (excluding diaryl/α,β-unsaturated/α-hetero) is 1. The van der Waals surface area contributed by atoms with E-state index in [0.717, 1.165) is 0 Å². The standard InChI is InChI=1S/C17H20ClNO3/c1-12(20)14-9-8-13(15(18)11-14)7-5-6-10-19-16(21)22-17(2,3)4/h8-9,11H,6,10H2,1-4H3,(H,19,21). The van der Waals surface area contributed by atoms with Crippen LogP contribution in [0.4, 0.5) is 4.79 Å². The predicted molar refractivity (Wildman–Crippen MR) is 87.2 cm³/mol. The van der Waals surface area contributed by atoms with E-state index in [1.165, 1.54) is 6.92 Å². The summed E-state index contributed by atoms with van der Waals surface area (Å²) in [5, 5.41) is 3.07. The van der Waals surface area contributed by atoms with Crippen molar-refractivity contribution in [2.24, 2.45) is 0 Å². The zero-order valence-corrected chi connectivity index (χ0v) is 14.0. The maximum atomic E-state index is 11.4. The zero-order valence-electron chi connectivity index (χ0n) is 13.2. The molecule has 0 spiro atoms. The Bertz CT molecular complexity index is 621. The Labute approximate surface area is 136 Å². The highest BCUT2D eigenvalue weighted by atomic mass is 35.5. The molecule has 0 saturated heterocycles. The van der Waals surface area contributed by atoms with Gasteiger partial charge in [-0.2, -0.15) is 0 Å². The Morgan fingerprint density at radius 2 is 2.00 bits per heavy atom. The lowest BCUT2D eigenvalue weighted by atomic mass is 10.1. The van der Waals surface area contributed by atoms with E-state index in [9.17, 15) is 9.59 Å². The molecule has 1 amide bonds. The van der Waals surface area contributed by atoms with Gasteiger partial charge in [0.05, 0.1) is 5.02 Å². The fourth-order valence-electron chi connectivity index (χ4n) is 1.53. The average molecular weight is 322 g/mol. The van der Waals surface area contributed by atoms with E-state index in [-0.39, 0.29) is 5.78 Å². The largest absolute Gasteiger partial charge is 0.444 e. The fraction of sp³-hybridized carbons (Fsp3) is 0.412. The number of hydrogen-bond donors (Lipinski definition) is 1. The molecule has 0 aromatic heterocycles. The summed E-state index contributed by atoms with van der Waals surface area (Å²) in [5.41, 5.74) is 0.702. The number of carbonyl (C=O) groups is 2. The Hall–Kier alpha value is -1.99. The van der Waals surface area contributed by atoms with Crippen LogP contribution in [0.3, 0.4) is 0 Å². The quantitative estimate of drug-likeness (QED) is 0.523. The summed E-state index contributed by atoms with van der Waals surface area (Å²) >= 11 is 6.06. The van der Waals surface area contributed by atoms with Gasteiger partial charge < -0.3 is 10.1 Å². The van der Waals surface area contributed by atoms with Crippen molar-refractivity contribution in [3.05, 3.63) is 34.3 Å². The van der Waals surface area contributed by atoms with Crippen molar-refractivity contribution in [3.63, 3.8) is 0 Å². The van der Waals surface area contributed by atoms with Crippen LogP contribution >= 0.6 is 11.6 Å². The number of rotatable bonds is 3. The molecule has 1 aromatic rings. The Balaban J connectivity index is 2.48. The second-order valence-electron chi connectivity index (χ2n) is 5.73. The van der Waals surface area contributed by atoms with Crippen LogP contribution in [0.15, 0.2) is 18.2 Å². The molecule has 5 heteroatoms. The molecule has 0 unspecified atom stereocenters. The molecule has 0 bridgehead atoms. The van der Waals surface area contributed by atoms with Gasteiger partial charge in [0.1, 0.15) is 5.60 Å². The van der Waals surface area contributed by atoms with Crippen molar-refractivity contribution in [3.8, 4) is 11.8 Å². The minimum atomic E-state index is -0.512. The summed E-state index contributed by atoms with van der Waals surface area (Å²) in [4.78, 5) is 22.6. The summed E-state index contributed by atoms with van der Waals surface area (Å²) in [6, 6.07) is 5.01.